The van der Waals surface area contributed by atoms with E-state index in [1.165, 1.54) is 0 Å². The van der Waals surface area contributed by atoms with Crippen molar-refractivity contribution in [1.82, 2.24) is 9.80 Å². The predicted molar refractivity (Wildman–Crippen MR) is 95.2 cm³/mol. The second-order valence-electron chi connectivity index (χ2n) is 6.70. The lowest BCUT2D eigenvalue weighted by atomic mass is 9.95. The molecule has 1 aromatic rings. The first kappa shape index (κ1) is 18.0. The third-order valence-electron chi connectivity index (χ3n) is 5.04. The average Bonchev–Trinajstić information content (AvgIpc) is 2.90. The van der Waals surface area contributed by atoms with Gasteiger partial charge in [-0.05, 0) is 31.0 Å². The summed E-state index contributed by atoms with van der Waals surface area (Å²) in [5.41, 5.74) is 1.09. The van der Waals surface area contributed by atoms with Gasteiger partial charge in [0, 0.05) is 39.4 Å². The molecule has 0 bridgehead atoms. The molecular weight excluding hydrogens is 320 g/mol. The van der Waals surface area contributed by atoms with Gasteiger partial charge in [0.25, 0.3) is 0 Å². The Kier molecular flexibility index (Phi) is 6.15. The highest BCUT2D eigenvalue weighted by Crippen LogP contribution is 2.31. The summed E-state index contributed by atoms with van der Waals surface area (Å²) in [6.45, 7) is 5.67. The van der Waals surface area contributed by atoms with Crippen molar-refractivity contribution >= 4 is 5.91 Å². The van der Waals surface area contributed by atoms with Gasteiger partial charge in [0.15, 0.2) is 0 Å². The van der Waals surface area contributed by atoms with Gasteiger partial charge in [-0.15, -0.1) is 0 Å². The Bertz CT molecular complexity index is 593. The van der Waals surface area contributed by atoms with E-state index < -0.39 is 0 Å². The van der Waals surface area contributed by atoms with Gasteiger partial charge in [-0.3, -0.25) is 9.69 Å². The van der Waals surface area contributed by atoms with Crippen LogP contribution in [0.5, 0.6) is 11.5 Å². The summed E-state index contributed by atoms with van der Waals surface area (Å²) < 4.78 is 16.2. The maximum Gasteiger partial charge on any atom is 0.229 e. The highest BCUT2D eigenvalue weighted by molar-refractivity contribution is 5.80. The van der Waals surface area contributed by atoms with Crippen LogP contribution in [0.15, 0.2) is 18.2 Å². The van der Waals surface area contributed by atoms with E-state index in [0.717, 1.165) is 69.2 Å². The fourth-order valence-corrected chi connectivity index (χ4v) is 3.53. The van der Waals surface area contributed by atoms with E-state index in [1.54, 1.807) is 14.2 Å². The molecule has 6 nitrogen and oxygen atoms in total. The van der Waals surface area contributed by atoms with Crippen LogP contribution in [0.1, 0.15) is 12.0 Å². The maximum absolute atomic E-state index is 12.9. The maximum atomic E-state index is 12.9. The fraction of sp³-hybridized carbons (Fsp3) is 0.632. The number of hydrogen-bond acceptors (Lipinski definition) is 5. The van der Waals surface area contributed by atoms with E-state index in [4.69, 9.17) is 14.2 Å². The largest absolute Gasteiger partial charge is 0.497 e. The van der Waals surface area contributed by atoms with Crippen LogP contribution in [0.25, 0.3) is 0 Å². The Hall–Kier alpha value is -1.79. The van der Waals surface area contributed by atoms with Crippen LogP contribution in [-0.2, 0) is 16.0 Å². The minimum absolute atomic E-state index is 0.0913. The lowest BCUT2D eigenvalue weighted by molar-refractivity contribution is -0.136. The lowest BCUT2D eigenvalue weighted by Gasteiger charge is -2.30. The summed E-state index contributed by atoms with van der Waals surface area (Å²) in [6, 6.07) is 5.83. The van der Waals surface area contributed by atoms with Gasteiger partial charge >= 0.3 is 0 Å². The number of carbonyl (C=O) groups excluding carboxylic acids is 1. The van der Waals surface area contributed by atoms with E-state index in [0.29, 0.717) is 6.61 Å². The van der Waals surface area contributed by atoms with Gasteiger partial charge in [-0.1, -0.05) is 6.07 Å². The summed E-state index contributed by atoms with van der Waals surface area (Å²) in [5.74, 6) is 1.75. The van der Waals surface area contributed by atoms with Crippen molar-refractivity contribution in [3.63, 3.8) is 0 Å². The number of nitrogens with zero attached hydrogens (tertiary/aromatic N) is 2. The molecule has 1 amide bonds. The van der Waals surface area contributed by atoms with Crippen LogP contribution in [-0.4, -0.2) is 75.9 Å². The van der Waals surface area contributed by atoms with Crippen LogP contribution < -0.4 is 9.47 Å². The second-order valence-corrected chi connectivity index (χ2v) is 6.70. The van der Waals surface area contributed by atoms with Gasteiger partial charge in [0.2, 0.25) is 5.91 Å². The molecule has 25 heavy (non-hydrogen) atoms. The Labute approximate surface area is 149 Å². The molecular formula is C19H28N2O4. The van der Waals surface area contributed by atoms with Crippen molar-refractivity contribution < 1.29 is 19.0 Å². The summed E-state index contributed by atoms with van der Waals surface area (Å²) in [4.78, 5) is 17.3. The topological polar surface area (TPSA) is 51.2 Å². The quantitative estimate of drug-likeness (QED) is 0.806. The van der Waals surface area contributed by atoms with Gasteiger partial charge in [-0.25, -0.2) is 0 Å². The first-order valence-electron chi connectivity index (χ1n) is 9.01. The number of fused-ring (bicyclic) bond motifs is 1. The number of amides is 1. The lowest BCUT2D eigenvalue weighted by Crippen LogP contribution is -2.42. The zero-order valence-electron chi connectivity index (χ0n) is 15.2. The van der Waals surface area contributed by atoms with Crippen LogP contribution >= 0.6 is 0 Å². The SMILES string of the molecule is COCCN1CCCN(C(=O)[C@@H]2COc3cc(OC)ccc3C2)CC1. The molecule has 1 saturated heterocycles. The Morgan fingerprint density at radius 1 is 1.24 bits per heavy atom. The fourth-order valence-electron chi connectivity index (χ4n) is 3.53. The molecule has 1 aromatic carbocycles. The first-order chi connectivity index (χ1) is 12.2. The zero-order chi connectivity index (χ0) is 17.6. The molecule has 6 heteroatoms. The van der Waals surface area contributed by atoms with Crippen LogP contribution in [0.2, 0.25) is 0 Å². The molecule has 138 valence electrons. The smallest absolute Gasteiger partial charge is 0.229 e. The number of rotatable bonds is 5. The molecule has 0 radical (unpaired) electrons. The summed E-state index contributed by atoms with van der Waals surface area (Å²) in [6.07, 6.45) is 1.75. The van der Waals surface area contributed by atoms with Crippen molar-refractivity contribution in [3.8, 4) is 11.5 Å². The highest BCUT2D eigenvalue weighted by Gasteiger charge is 2.30. The molecule has 2 aliphatic rings. The van der Waals surface area contributed by atoms with Crippen LogP contribution in [0.3, 0.4) is 0 Å². The van der Waals surface area contributed by atoms with Crippen molar-refractivity contribution in [3.05, 3.63) is 23.8 Å². The average molecular weight is 348 g/mol. The Morgan fingerprint density at radius 3 is 2.92 bits per heavy atom. The number of benzene rings is 1. The van der Waals surface area contributed by atoms with Crippen LogP contribution in [0.4, 0.5) is 0 Å². The summed E-state index contributed by atoms with van der Waals surface area (Å²) in [7, 11) is 3.37. The molecule has 0 aromatic heterocycles. The molecule has 0 saturated carbocycles. The van der Waals surface area contributed by atoms with Crippen molar-refractivity contribution in [2.45, 2.75) is 12.8 Å². The molecule has 0 unspecified atom stereocenters. The zero-order valence-corrected chi connectivity index (χ0v) is 15.2. The highest BCUT2D eigenvalue weighted by atomic mass is 16.5. The Morgan fingerprint density at radius 2 is 2.12 bits per heavy atom. The van der Waals surface area contributed by atoms with E-state index in [1.807, 2.05) is 23.1 Å². The van der Waals surface area contributed by atoms with Gasteiger partial charge in [-0.2, -0.15) is 0 Å². The second kappa shape index (κ2) is 8.54. The van der Waals surface area contributed by atoms with Crippen molar-refractivity contribution in [2.75, 3.05) is 60.2 Å². The molecule has 1 atom stereocenters. The van der Waals surface area contributed by atoms with E-state index >= 15 is 0 Å². The Balaban J connectivity index is 1.58. The standard InChI is InChI=1S/C19H28N2O4/c1-23-11-10-20-6-3-7-21(9-8-20)19(22)16-12-15-4-5-17(24-2)13-18(15)25-14-16/h4-5,13,16H,3,6-12,14H2,1-2H3/t16-/m0/s1. The van der Waals surface area contributed by atoms with Gasteiger partial charge in [0.05, 0.1) is 19.6 Å². The van der Waals surface area contributed by atoms with Crippen molar-refractivity contribution in [1.29, 1.82) is 0 Å². The molecule has 0 N–H and O–H groups in total. The predicted octanol–water partition coefficient (Wildman–Crippen LogP) is 1.43. The summed E-state index contributed by atoms with van der Waals surface area (Å²) >= 11 is 0. The number of ether oxygens (including phenoxy) is 3. The van der Waals surface area contributed by atoms with E-state index in [-0.39, 0.29) is 11.8 Å². The minimum atomic E-state index is -0.0913. The first-order valence-corrected chi connectivity index (χ1v) is 9.01. The molecule has 3 rings (SSSR count). The number of methoxy groups -OCH3 is 2. The third-order valence-corrected chi connectivity index (χ3v) is 5.04. The van der Waals surface area contributed by atoms with E-state index in [2.05, 4.69) is 4.90 Å². The van der Waals surface area contributed by atoms with E-state index in [9.17, 15) is 4.79 Å². The third kappa shape index (κ3) is 4.44. The number of carbonyl (C=O) groups is 1. The minimum Gasteiger partial charge on any atom is -0.497 e. The summed E-state index contributed by atoms with van der Waals surface area (Å²) in [5, 5.41) is 0. The van der Waals surface area contributed by atoms with Gasteiger partial charge in [0.1, 0.15) is 18.1 Å². The molecule has 1 fully saturated rings. The molecule has 2 heterocycles. The normalized spacial score (nSPS) is 21.2. The molecule has 0 spiro atoms. The molecule has 2 aliphatic heterocycles. The van der Waals surface area contributed by atoms with Crippen LogP contribution in [0, 0.1) is 5.92 Å². The van der Waals surface area contributed by atoms with Gasteiger partial charge < -0.3 is 19.1 Å². The molecule has 0 aliphatic carbocycles. The van der Waals surface area contributed by atoms with Crippen molar-refractivity contribution in [2.24, 2.45) is 5.92 Å². The monoisotopic (exact) mass is 348 g/mol. The number of hydrogen-bond donors (Lipinski definition) is 0.